The number of nitrogens with zero attached hydrogens (tertiary/aromatic N) is 1. The number of aryl methyl sites for hydroxylation is 3. The van der Waals surface area contributed by atoms with Gasteiger partial charge < -0.3 is 9.47 Å². The van der Waals surface area contributed by atoms with Crippen molar-refractivity contribution < 1.29 is 17.9 Å². The van der Waals surface area contributed by atoms with E-state index in [0.29, 0.717) is 0 Å². The molecule has 0 radical (unpaired) electrons. The molecule has 6 heteroatoms. The second kappa shape index (κ2) is 11.2. The summed E-state index contributed by atoms with van der Waals surface area (Å²) >= 11 is 0. The second-order valence-electron chi connectivity index (χ2n) is 11.9. The van der Waals surface area contributed by atoms with Crippen LogP contribution in [0.2, 0.25) is 0 Å². The third-order valence-electron chi connectivity index (χ3n) is 9.15. The van der Waals surface area contributed by atoms with Gasteiger partial charge in [0.05, 0.1) is 12.0 Å². The molecule has 0 spiro atoms. The van der Waals surface area contributed by atoms with Crippen molar-refractivity contribution in [1.82, 2.24) is 3.97 Å². The Balaban J connectivity index is 1.59. The summed E-state index contributed by atoms with van der Waals surface area (Å²) in [5, 5.41) is 0. The molecule has 1 fully saturated rings. The van der Waals surface area contributed by atoms with Crippen molar-refractivity contribution in [2.24, 2.45) is 0 Å². The smallest absolute Gasteiger partial charge is 0.267 e. The fraction of sp³-hybridized carbons (Fsp3) is 0.150. The normalized spacial score (nSPS) is 17.0. The summed E-state index contributed by atoms with van der Waals surface area (Å²) in [7, 11) is -2.30. The lowest BCUT2D eigenvalue weighted by atomic mass is 9.72. The Morgan fingerprint density at radius 3 is 1.70 bits per heavy atom. The maximum Gasteiger partial charge on any atom is 0.267 e. The zero-order valence-electron chi connectivity index (χ0n) is 26.3. The van der Waals surface area contributed by atoms with Crippen LogP contribution in [0.3, 0.4) is 0 Å². The molecule has 5 aromatic carbocycles. The average molecular weight is 626 g/mol. The molecule has 1 aliphatic rings. The predicted molar refractivity (Wildman–Crippen MR) is 182 cm³/mol. The largest absolute Gasteiger partial charge is 0.497 e. The number of aromatic nitrogens is 1. The molecule has 0 N–H and O–H groups in total. The highest BCUT2D eigenvalue weighted by molar-refractivity contribution is 7.90. The minimum Gasteiger partial charge on any atom is -0.497 e. The quantitative estimate of drug-likeness (QED) is 0.159. The lowest BCUT2D eigenvalue weighted by Crippen LogP contribution is -2.26. The van der Waals surface area contributed by atoms with E-state index in [1.54, 1.807) is 31.6 Å². The summed E-state index contributed by atoms with van der Waals surface area (Å²) in [6.45, 7) is 6.07. The zero-order chi connectivity index (χ0) is 32.1. The molecule has 0 aliphatic carbocycles. The van der Waals surface area contributed by atoms with Gasteiger partial charge in [-0.3, -0.25) is 0 Å². The van der Waals surface area contributed by atoms with Crippen LogP contribution in [0.1, 0.15) is 38.9 Å². The maximum absolute atomic E-state index is 14.3. The first-order valence-electron chi connectivity index (χ1n) is 15.3. The second-order valence-corrected chi connectivity index (χ2v) is 13.8. The van der Waals surface area contributed by atoms with Crippen molar-refractivity contribution >= 4 is 10.0 Å². The van der Waals surface area contributed by atoms with E-state index in [9.17, 15) is 8.42 Å². The summed E-state index contributed by atoms with van der Waals surface area (Å²) in [5.41, 5.74) is 6.42. The molecule has 230 valence electrons. The van der Waals surface area contributed by atoms with E-state index >= 15 is 0 Å². The third kappa shape index (κ3) is 4.51. The number of epoxide rings is 1. The highest BCUT2D eigenvalue weighted by Gasteiger charge is 2.74. The molecule has 0 saturated carbocycles. The zero-order valence-corrected chi connectivity index (χ0v) is 27.1. The number of ether oxygens (including phenoxy) is 2. The number of hydrogen-bond donors (Lipinski definition) is 0. The van der Waals surface area contributed by atoms with E-state index in [1.165, 1.54) is 3.97 Å². The average Bonchev–Trinajstić information content (AvgIpc) is 3.60. The molecule has 1 unspecified atom stereocenters. The van der Waals surface area contributed by atoms with Crippen LogP contribution in [0.4, 0.5) is 0 Å². The van der Waals surface area contributed by atoms with Gasteiger partial charge in [0.25, 0.3) is 10.0 Å². The van der Waals surface area contributed by atoms with Gasteiger partial charge in [-0.05, 0) is 78.4 Å². The van der Waals surface area contributed by atoms with Crippen LogP contribution in [0.25, 0.3) is 11.1 Å². The molecule has 0 bridgehead atoms. The Morgan fingerprint density at radius 1 is 0.609 bits per heavy atom. The first-order chi connectivity index (χ1) is 22.2. The van der Waals surface area contributed by atoms with Crippen LogP contribution in [-0.4, -0.2) is 19.5 Å². The molecule has 2 heterocycles. The van der Waals surface area contributed by atoms with Gasteiger partial charge in [-0.15, -0.1) is 0 Å². The molecule has 1 aromatic heterocycles. The van der Waals surface area contributed by atoms with Crippen molar-refractivity contribution in [1.29, 1.82) is 0 Å². The molecule has 5 nitrogen and oxygen atoms in total. The van der Waals surface area contributed by atoms with E-state index in [0.717, 1.165) is 55.8 Å². The molecule has 1 aliphatic heterocycles. The number of hydrogen-bond acceptors (Lipinski definition) is 4. The van der Waals surface area contributed by atoms with Gasteiger partial charge in [-0.1, -0.05) is 109 Å². The highest BCUT2D eigenvalue weighted by Crippen LogP contribution is 2.70. The number of benzene rings is 5. The molecule has 1 saturated heterocycles. The van der Waals surface area contributed by atoms with Gasteiger partial charge in [0.1, 0.15) is 5.75 Å². The van der Waals surface area contributed by atoms with Gasteiger partial charge in [-0.25, -0.2) is 12.4 Å². The monoisotopic (exact) mass is 625 g/mol. The Kier molecular flexibility index (Phi) is 7.23. The molecular weight excluding hydrogens is 591 g/mol. The van der Waals surface area contributed by atoms with Crippen LogP contribution in [0.5, 0.6) is 5.75 Å². The van der Waals surface area contributed by atoms with Crippen molar-refractivity contribution in [3.63, 3.8) is 0 Å². The van der Waals surface area contributed by atoms with Gasteiger partial charge >= 0.3 is 0 Å². The predicted octanol–water partition coefficient (Wildman–Crippen LogP) is 8.54. The number of methoxy groups -OCH3 is 1. The van der Waals surface area contributed by atoms with Crippen molar-refractivity contribution in [2.75, 3.05) is 7.11 Å². The van der Waals surface area contributed by atoms with Gasteiger partial charge in [0.2, 0.25) is 0 Å². The highest BCUT2D eigenvalue weighted by atomic mass is 32.2. The van der Waals surface area contributed by atoms with E-state index in [2.05, 4.69) is 50.2 Å². The standard InChI is InChI=1S/C40H35NO4S/c1-28-18-24-35(25-19-28)46(42,43)41-26-36(38-29(2)12-11-13-30(38)3)37(27-41)40(33-20-22-34(44-4)23-21-33)39(45-40,31-14-7-5-8-15-31)32-16-9-6-10-17-32/h5-27H,1-4H3. The van der Waals surface area contributed by atoms with Crippen LogP contribution >= 0.6 is 0 Å². The lowest BCUT2D eigenvalue weighted by Gasteiger charge is -2.24. The Bertz CT molecular complexity index is 2080. The van der Waals surface area contributed by atoms with E-state index in [-0.39, 0.29) is 4.90 Å². The van der Waals surface area contributed by atoms with Gasteiger partial charge in [0.15, 0.2) is 11.2 Å². The minimum atomic E-state index is -3.94. The van der Waals surface area contributed by atoms with Crippen LogP contribution in [0.15, 0.2) is 145 Å². The molecular formula is C40H35NO4S. The molecule has 1 atom stereocenters. The maximum atomic E-state index is 14.3. The van der Waals surface area contributed by atoms with Crippen LogP contribution < -0.4 is 4.74 Å². The van der Waals surface area contributed by atoms with E-state index in [4.69, 9.17) is 9.47 Å². The Morgan fingerprint density at radius 2 is 1.15 bits per heavy atom. The summed E-state index contributed by atoms with van der Waals surface area (Å²) in [5.74, 6) is 0.721. The topological polar surface area (TPSA) is 60.8 Å². The van der Waals surface area contributed by atoms with E-state index in [1.807, 2.05) is 85.8 Å². The molecule has 46 heavy (non-hydrogen) atoms. The first-order valence-corrected chi connectivity index (χ1v) is 16.7. The minimum absolute atomic E-state index is 0.223. The first kappa shape index (κ1) is 29.8. The van der Waals surface area contributed by atoms with Crippen molar-refractivity contribution in [3.8, 4) is 16.9 Å². The Hall–Kier alpha value is -4.91. The van der Waals surface area contributed by atoms with Gasteiger partial charge in [0, 0.05) is 23.5 Å². The van der Waals surface area contributed by atoms with Crippen LogP contribution in [0, 0.1) is 20.8 Å². The summed E-state index contributed by atoms with van der Waals surface area (Å²) in [4.78, 5) is 0.223. The summed E-state index contributed by atoms with van der Waals surface area (Å²) in [6, 6.07) is 41.4. The third-order valence-corrected chi connectivity index (χ3v) is 10.8. The SMILES string of the molecule is COc1ccc(C2(c3cn(S(=O)(=O)c4ccc(C)cc4)cc3-c3c(C)cccc3C)OC2(c2ccccc2)c2ccccc2)cc1. The van der Waals surface area contributed by atoms with Crippen molar-refractivity contribution in [2.45, 2.75) is 36.9 Å². The fourth-order valence-corrected chi connectivity index (χ4v) is 8.06. The van der Waals surface area contributed by atoms with E-state index < -0.39 is 21.2 Å². The molecule has 7 rings (SSSR count). The van der Waals surface area contributed by atoms with Gasteiger partial charge in [-0.2, -0.15) is 0 Å². The lowest BCUT2D eigenvalue weighted by molar-refractivity contribution is 0.300. The summed E-state index contributed by atoms with van der Waals surface area (Å²) < 4.78 is 42.7. The summed E-state index contributed by atoms with van der Waals surface area (Å²) in [6.07, 6.45) is 3.52. The van der Waals surface area contributed by atoms with Crippen LogP contribution in [-0.2, 0) is 26.0 Å². The molecule has 6 aromatic rings. The Labute approximate surface area is 270 Å². The number of rotatable bonds is 8. The molecule has 0 amide bonds. The van der Waals surface area contributed by atoms with Crippen molar-refractivity contribution in [3.05, 3.63) is 179 Å². The fourth-order valence-electron chi connectivity index (χ4n) is 6.85.